The van der Waals surface area contributed by atoms with Crippen molar-refractivity contribution in [2.45, 2.75) is 13.8 Å². The molecule has 0 aliphatic carbocycles. The van der Waals surface area contributed by atoms with E-state index in [1.807, 2.05) is 13.8 Å². The number of rotatable bonds is 1. The molecule has 0 spiro atoms. The highest BCUT2D eigenvalue weighted by Crippen LogP contribution is 2.07. The lowest BCUT2D eigenvalue weighted by Crippen LogP contribution is -1.87. The average Bonchev–Trinajstić information content (AvgIpc) is 1.67. The fourth-order valence-electron chi connectivity index (χ4n) is 0.194. The standard InChI is InChI=1S/C6H7BrSi/c1-4-8-6(3)5(2)7/h1H,2-3H3. The fourth-order valence-corrected chi connectivity index (χ4v) is 0.881. The highest BCUT2D eigenvalue weighted by Gasteiger charge is 1.89. The maximum absolute atomic E-state index is 5.07. The van der Waals surface area contributed by atoms with Gasteiger partial charge in [-0.05, 0) is 18.3 Å². The largest absolute Gasteiger partial charge is 0.182 e. The van der Waals surface area contributed by atoms with Gasteiger partial charge in [-0.15, -0.1) is 12.0 Å². The highest BCUT2D eigenvalue weighted by atomic mass is 79.9. The second-order valence-corrected chi connectivity index (χ2v) is 3.91. The summed E-state index contributed by atoms with van der Waals surface area (Å²) in [4.78, 5) is 0. The SMILES string of the molecule is C#C[Si]C(C)=C(C)Br. The van der Waals surface area contributed by atoms with E-state index in [0.717, 1.165) is 4.48 Å². The quantitative estimate of drug-likeness (QED) is 0.434. The molecule has 0 aliphatic rings. The van der Waals surface area contributed by atoms with Gasteiger partial charge in [-0.1, -0.05) is 21.1 Å². The van der Waals surface area contributed by atoms with E-state index >= 15 is 0 Å². The summed E-state index contributed by atoms with van der Waals surface area (Å²) in [6.45, 7) is 4.03. The van der Waals surface area contributed by atoms with Gasteiger partial charge >= 0.3 is 0 Å². The molecule has 0 fully saturated rings. The average molecular weight is 187 g/mol. The third-order valence-corrected chi connectivity index (χ3v) is 2.63. The van der Waals surface area contributed by atoms with E-state index < -0.39 is 0 Å². The maximum Gasteiger partial charge on any atom is 0.182 e. The molecule has 0 rings (SSSR count). The van der Waals surface area contributed by atoms with Gasteiger partial charge in [0.05, 0.1) is 0 Å². The highest BCUT2D eigenvalue weighted by molar-refractivity contribution is 9.11. The Kier molecular flexibility index (Phi) is 3.93. The van der Waals surface area contributed by atoms with Crippen molar-refractivity contribution in [3.63, 3.8) is 0 Å². The van der Waals surface area contributed by atoms with Crippen molar-refractivity contribution >= 4 is 25.4 Å². The molecule has 0 saturated heterocycles. The summed E-state index contributed by atoms with van der Waals surface area (Å²) in [5.41, 5.74) is 2.59. The first-order valence-electron chi connectivity index (χ1n) is 2.23. The van der Waals surface area contributed by atoms with Crippen LogP contribution in [0, 0.1) is 12.0 Å². The predicted molar refractivity (Wildman–Crippen MR) is 41.9 cm³/mol. The molecule has 0 N–H and O–H groups in total. The molecule has 0 heterocycles. The van der Waals surface area contributed by atoms with Crippen LogP contribution in [0.3, 0.4) is 0 Å². The lowest BCUT2D eigenvalue weighted by Gasteiger charge is -1.90. The van der Waals surface area contributed by atoms with Gasteiger partial charge in [-0.3, -0.25) is 0 Å². The molecule has 0 nitrogen and oxygen atoms in total. The van der Waals surface area contributed by atoms with Crippen LogP contribution >= 0.6 is 15.9 Å². The lowest BCUT2D eigenvalue weighted by molar-refractivity contribution is 1.55. The minimum absolute atomic E-state index is 0.530. The first-order chi connectivity index (χ1) is 3.68. The van der Waals surface area contributed by atoms with E-state index in [1.165, 1.54) is 5.20 Å². The van der Waals surface area contributed by atoms with Crippen LogP contribution in [0.5, 0.6) is 0 Å². The molecule has 42 valence electrons. The van der Waals surface area contributed by atoms with Gasteiger partial charge in [0.1, 0.15) is 0 Å². The van der Waals surface area contributed by atoms with Crippen molar-refractivity contribution in [3.05, 3.63) is 9.68 Å². The molecule has 0 atom stereocenters. The molecule has 0 aromatic carbocycles. The zero-order valence-electron chi connectivity index (χ0n) is 4.96. The zero-order valence-corrected chi connectivity index (χ0v) is 7.54. The van der Waals surface area contributed by atoms with Crippen LogP contribution in [0.15, 0.2) is 9.68 Å². The van der Waals surface area contributed by atoms with Gasteiger partial charge in [0.15, 0.2) is 9.52 Å². The Morgan fingerprint density at radius 3 is 2.25 bits per heavy atom. The van der Waals surface area contributed by atoms with Gasteiger partial charge in [0.25, 0.3) is 0 Å². The summed E-state index contributed by atoms with van der Waals surface area (Å²) in [6.07, 6.45) is 5.07. The monoisotopic (exact) mass is 186 g/mol. The van der Waals surface area contributed by atoms with Crippen LogP contribution in [0.1, 0.15) is 13.8 Å². The molecule has 0 unspecified atom stereocenters. The summed E-state index contributed by atoms with van der Waals surface area (Å²) in [5.74, 6) is 0. The second-order valence-electron chi connectivity index (χ2n) is 1.43. The molecular weight excluding hydrogens is 180 g/mol. The van der Waals surface area contributed by atoms with Gasteiger partial charge in [0, 0.05) is 0 Å². The Morgan fingerprint density at radius 2 is 2.12 bits per heavy atom. The topological polar surface area (TPSA) is 0 Å². The van der Waals surface area contributed by atoms with Gasteiger partial charge < -0.3 is 0 Å². The summed E-state index contributed by atoms with van der Waals surface area (Å²) in [7, 11) is 0.530. The zero-order chi connectivity index (χ0) is 6.57. The number of hydrogen-bond acceptors (Lipinski definition) is 0. The van der Waals surface area contributed by atoms with E-state index in [9.17, 15) is 0 Å². The van der Waals surface area contributed by atoms with Gasteiger partial charge in [-0.2, -0.15) is 0 Å². The van der Waals surface area contributed by atoms with Crippen molar-refractivity contribution in [2.24, 2.45) is 0 Å². The lowest BCUT2D eigenvalue weighted by atomic mass is 10.6. The molecule has 0 aromatic rings. The second kappa shape index (κ2) is 3.93. The van der Waals surface area contributed by atoms with Crippen molar-refractivity contribution in [1.29, 1.82) is 0 Å². The van der Waals surface area contributed by atoms with Crippen molar-refractivity contribution in [2.75, 3.05) is 0 Å². The van der Waals surface area contributed by atoms with E-state index in [0.29, 0.717) is 9.52 Å². The third kappa shape index (κ3) is 3.06. The minimum atomic E-state index is 0.530. The number of halogens is 1. The Labute approximate surface area is 61.3 Å². The molecule has 2 radical (unpaired) electrons. The minimum Gasteiger partial charge on any atom is -0.133 e. The number of hydrogen-bond donors (Lipinski definition) is 0. The van der Waals surface area contributed by atoms with E-state index in [1.54, 1.807) is 0 Å². The Bertz CT molecular complexity index is 137. The van der Waals surface area contributed by atoms with Crippen molar-refractivity contribution in [3.8, 4) is 12.0 Å². The smallest absolute Gasteiger partial charge is 0.133 e. The summed E-state index contributed by atoms with van der Waals surface area (Å²) < 4.78 is 1.16. The predicted octanol–water partition coefficient (Wildman–Crippen LogP) is 1.93. The van der Waals surface area contributed by atoms with Crippen LogP contribution in [-0.4, -0.2) is 9.52 Å². The molecular formula is C6H7BrSi. The molecule has 0 amide bonds. The normalized spacial score (nSPS) is 12.2. The van der Waals surface area contributed by atoms with Crippen LogP contribution in [0.2, 0.25) is 0 Å². The fraction of sp³-hybridized carbons (Fsp3) is 0.333. The number of terminal acetylenes is 1. The first-order valence-corrected chi connectivity index (χ1v) is 4.02. The molecule has 0 bridgehead atoms. The van der Waals surface area contributed by atoms with E-state index in [-0.39, 0.29) is 0 Å². The van der Waals surface area contributed by atoms with E-state index in [4.69, 9.17) is 6.42 Å². The van der Waals surface area contributed by atoms with Crippen molar-refractivity contribution < 1.29 is 0 Å². The van der Waals surface area contributed by atoms with E-state index in [2.05, 4.69) is 21.5 Å². The first kappa shape index (κ1) is 8.00. The molecule has 8 heavy (non-hydrogen) atoms. The van der Waals surface area contributed by atoms with Gasteiger partial charge in [-0.25, -0.2) is 0 Å². The Balaban J connectivity index is 3.85. The third-order valence-electron chi connectivity index (χ3n) is 0.776. The van der Waals surface area contributed by atoms with Crippen molar-refractivity contribution in [1.82, 2.24) is 0 Å². The maximum atomic E-state index is 5.07. The molecule has 2 heteroatoms. The Hall–Kier alpha value is -0.00312. The molecule has 0 aliphatic heterocycles. The summed E-state index contributed by atoms with van der Waals surface area (Å²) in [6, 6.07) is 0. The van der Waals surface area contributed by atoms with Crippen LogP contribution in [0.4, 0.5) is 0 Å². The van der Waals surface area contributed by atoms with Crippen LogP contribution in [-0.2, 0) is 0 Å². The molecule has 0 aromatic heterocycles. The van der Waals surface area contributed by atoms with Crippen LogP contribution < -0.4 is 0 Å². The summed E-state index contributed by atoms with van der Waals surface area (Å²) >= 11 is 3.33. The molecule has 0 saturated carbocycles. The number of allylic oxidation sites excluding steroid dienone is 2. The van der Waals surface area contributed by atoms with Crippen LogP contribution in [0.25, 0.3) is 0 Å². The van der Waals surface area contributed by atoms with Gasteiger partial charge in [0.2, 0.25) is 0 Å². The summed E-state index contributed by atoms with van der Waals surface area (Å²) in [5, 5.41) is 1.26. The Morgan fingerprint density at radius 1 is 1.62 bits per heavy atom.